The van der Waals surface area contributed by atoms with Crippen LogP contribution >= 0.6 is 0 Å². The Bertz CT molecular complexity index is 903. The molecule has 3 rings (SSSR count). The monoisotopic (exact) mass is 412 g/mol. The molecule has 0 unspecified atom stereocenters. The van der Waals surface area contributed by atoms with Crippen molar-refractivity contribution in [3.8, 4) is 0 Å². The highest BCUT2D eigenvalue weighted by molar-refractivity contribution is 5.88. The molecule has 1 fully saturated rings. The van der Waals surface area contributed by atoms with Crippen LogP contribution in [0, 0.1) is 11.7 Å². The first-order chi connectivity index (χ1) is 14.5. The summed E-state index contributed by atoms with van der Waals surface area (Å²) < 4.78 is 18.6. The summed E-state index contributed by atoms with van der Waals surface area (Å²) in [4.78, 5) is 38.2. The zero-order valence-electron chi connectivity index (χ0n) is 16.8. The quantitative estimate of drug-likeness (QED) is 0.677. The number of carbonyl (C=O) groups excluding carboxylic acids is 3. The summed E-state index contributed by atoms with van der Waals surface area (Å²) >= 11 is 0. The summed E-state index contributed by atoms with van der Waals surface area (Å²) in [6, 6.07) is 15.8. The Hall–Kier alpha value is -3.22. The zero-order valence-corrected chi connectivity index (χ0v) is 16.8. The lowest BCUT2D eigenvalue weighted by Crippen LogP contribution is -2.33. The molecule has 2 aromatic carbocycles. The SMILES string of the molecule is C[C@@H](c1ccccc1)N1C[C@H](C(=O)OCC(=O)NCCc2ccccc2F)CC1=O. The number of esters is 1. The number of halogens is 1. The van der Waals surface area contributed by atoms with E-state index in [4.69, 9.17) is 4.74 Å². The Morgan fingerprint density at radius 3 is 2.60 bits per heavy atom. The van der Waals surface area contributed by atoms with Crippen LogP contribution in [0.1, 0.15) is 30.5 Å². The molecule has 0 saturated carbocycles. The molecule has 1 aliphatic heterocycles. The predicted octanol–water partition coefficient (Wildman–Crippen LogP) is 2.64. The molecule has 30 heavy (non-hydrogen) atoms. The third kappa shape index (κ3) is 5.43. The first-order valence-electron chi connectivity index (χ1n) is 9.97. The number of rotatable bonds is 8. The number of carbonyl (C=O) groups is 3. The molecule has 1 heterocycles. The van der Waals surface area contributed by atoms with E-state index in [1.165, 1.54) is 6.07 Å². The number of amides is 2. The maximum atomic E-state index is 13.6. The van der Waals surface area contributed by atoms with Gasteiger partial charge in [-0.3, -0.25) is 14.4 Å². The molecule has 6 nitrogen and oxygen atoms in total. The van der Waals surface area contributed by atoms with E-state index in [2.05, 4.69) is 5.32 Å². The molecule has 1 aliphatic rings. The number of hydrogen-bond acceptors (Lipinski definition) is 4. The first kappa shape index (κ1) is 21.5. The highest BCUT2D eigenvalue weighted by Crippen LogP contribution is 2.28. The topological polar surface area (TPSA) is 75.7 Å². The summed E-state index contributed by atoms with van der Waals surface area (Å²) in [6.45, 7) is 2.00. The lowest BCUT2D eigenvalue weighted by Gasteiger charge is -2.25. The van der Waals surface area contributed by atoms with Gasteiger partial charge in [0.2, 0.25) is 5.91 Å². The van der Waals surface area contributed by atoms with Gasteiger partial charge in [-0.15, -0.1) is 0 Å². The molecule has 1 saturated heterocycles. The minimum atomic E-state index is -0.588. The number of likely N-dealkylation sites (tertiary alicyclic amines) is 1. The van der Waals surface area contributed by atoms with Crippen LogP contribution < -0.4 is 5.32 Å². The lowest BCUT2D eigenvalue weighted by molar-refractivity contribution is -0.152. The van der Waals surface area contributed by atoms with Crippen molar-refractivity contribution >= 4 is 17.8 Å². The summed E-state index contributed by atoms with van der Waals surface area (Å²) in [7, 11) is 0. The molecule has 0 aromatic heterocycles. The van der Waals surface area contributed by atoms with Gasteiger partial charge in [-0.25, -0.2) is 4.39 Å². The van der Waals surface area contributed by atoms with Gasteiger partial charge in [-0.2, -0.15) is 0 Å². The molecule has 1 N–H and O–H groups in total. The van der Waals surface area contributed by atoms with E-state index in [-0.39, 0.29) is 37.3 Å². The van der Waals surface area contributed by atoms with Crippen molar-refractivity contribution in [1.29, 1.82) is 0 Å². The Morgan fingerprint density at radius 2 is 1.87 bits per heavy atom. The summed E-state index contributed by atoms with van der Waals surface area (Å²) in [5, 5.41) is 2.60. The Kier molecular flexibility index (Phi) is 7.17. The van der Waals surface area contributed by atoms with Crippen molar-refractivity contribution in [3.63, 3.8) is 0 Å². The molecule has 0 bridgehead atoms. The van der Waals surface area contributed by atoms with Gasteiger partial charge in [-0.05, 0) is 30.5 Å². The number of hydrogen-bond donors (Lipinski definition) is 1. The van der Waals surface area contributed by atoms with Gasteiger partial charge >= 0.3 is 5.97 Å². The second-order valence-electron chi connectivity index (χ2n) is 7.33. The average molecular weight is 412 g/mol. The van der Waals surface area contributed by atoms with Crippen molar-refractivity contribution in [1.82, 2.24) is 10.2 Å². The predicted molar refractivity (Wildman–Crippen MR) is 109 cm³/mol. The van der Waals surface area contributed by atoms with Crippen molar-refractivity contribution in [2.75, 3.05) is 19.7 Å². The third-order valence-corrected chi connectivity index (χ3v) is 5.26. The number of ether oxygens (including phenoxy) is 1. The third-order valence-electron chi connectivity index (χ3n) is 5.26. The largest absolute Gasteiger partial charge is 0.455 e. The van der Waals surface area contributed by atoms with Crippen LogP contribution in [0.15, 0.2) is 54.6 Å². The minimum absolute atomic E-state index is 0.0743. The van der Waals surface area contributed by atoms with Crippen molar-refractivity contribution in [3.05, 3.63) is 71.5 Å². The van der Waals surface area contributed by atoms with E-state index >= 15 is 0 Å². The van der Waals surface area contributed by atoms with Crippen LogP contribution in [0.3, 0.4) is 0 Å². The fraction of sp³-hybridized carbons (Fsp3) is 0.348. The van der Waals surface area contributed by atoms with Crippen LogP contribution in [0.2, 0.25) is 0 Å². The second kappa shape index (κ2) is 10.0. The lowest BCUT2D eigenvalue weighted by atomic mass is 10.1. The molecule has 0 radical (unpaired) electrons. The van der Waals surface area contributed by atoms with E-state index in [0.29, 0.717) is 12.0 Å². The van der Waals surface area contributed by atoms with Gasteiger partial charge in [0.1, 0.15) is 5.82 Å². The Balaban J connectivity index is 1.42. The van der Waals surface area contributed by atoms with E-state index in [0.717, 1.165) is 5.56 Å². The molecule has 2 atom stereocenters. The van der Waals surface area contributed by atoms with Crippen molar-refractivity contribution in [2.24, 2.45) is 5.92 Å². The van der Waals surface area contributed by atoms with Gasteiger partial charge in [0.15, 0.2) is 6.61 Å². The summed E-state index contributed by atoms with van der Waals surface area (Å²) in [5.41, 5.74) is 1.50. The van der Waals surface area contributed by atoms with Crippen molar-refractivity contribution in [2.45, 2.75) is 25.8 Å². The fourth-order valence-corrected chi connectivity index (χ4v) is 3.52. The molecule has 0 aliphatic carbocycles. The number of benzene rings is 2. The maximum Gasteiger partial charge on any atom is 0.311 e. The van der Waals surface area contributed by atoms with E-state index in [9.17, 15) is 18.8 Å². The van der Waals surface area contributed by atoms with Gasteiger partial charge in [-0.1, -0.05) is 48.5 Å². The Morgan fingerprint density at radius 1 is 1.17 bits per heavy atom. The summed E-state index contributed by atoms with van der Waals surface area (Å²) in [6.07, 6.45) is 0.417. The van der Waals surface area contributed by atoms with Crippen LogP contribution in [-0.4, -0.2) is 42.4 Å². The highest BCUT2D eigenvalue weighted by Gasteiger charge is 2.38. The zero-order chi connectivity index (χ0) is 21.5. The van der Waals surface area contributed by atoms with Gasteiger partial charge in [0.05, 0.1) is 12.0 Å². The second-order valence-corrected chi connectivity index (χ2v) is 7.33. The van der Waals surface area contributed by atoms with E-state index in [1.54, 1.807) is 23.1 Å². The molecular weight excluding hydrogens is 387 g/mol. The standard InChI is InChI=1S/C23H25FN2O4/c1-16(17-7-3-2-4-8-17)26-14-19(13-22(26)28)23(29)30-15-21(27)25-12-11-18-9-5-6-10-20(18)24/h2-10,16,19H,11-15H2,1H3,(H,25,27)/t16-,19+/m0/s1. The summed E-state index contributed by atoms with van der Waals surface area (Å²) in [5.74, 6) is -2.04. The fourth-order valence-electron chi connectivity index (χ4n) is 3.52. The Labute approximate surface area is 175 Å². The maximum absolute atomic E-state index is 13.6. The van der Waals surface area contributed by atoms with Crippen LogP contribution in [0.5, 0.6) is 0 Å². The van der Waals surface area contributed by atoms with Gasteiger partial charge in [0, 0.05) is 19.5 Å². The van der Waals surface area contributed by atoms with Gasteiger partial charge < -0.3 is 15.0 Å². The average Bonchev–Trinajstić information content (AvgIpc) is 3.15. The van der Waals surface area contributed by atoms with Crippen LogP contribution in [0.4, 0.5) is 4.39 Å². The molecular formula is C23H25FN2O4. The van der Waals surface area contributed by atoms with E-state index in [1.807, 2.05) is 37.3 Å². The van der Waals surface area contributed by atoms with E-state index < -0.39 is 24.4 Å². The van der Waals surface area contributed by atoms with Crippen molar-refractivity contribution < 1.29 is 23.5 Å². The molecule has 7 heteroatoms. The normalized spacial score (nSPS) is 16.9. The van der Waals surface area contributed by atoms with Crippen LogP contribution in [-0.2, 0) is 25.5 Å². The smallest absolute Gasteiger partial charge is 0.311 e. The molecule has 2 amide bonds. The highest BCUT2D eigenvalue weighted by atomic mass is 19.1. The first-order valence-corrected chi connectivity index (χ1v) is 9.97. The number of nitrogens with one attached hydrogen (secondary N) is 1. The molecule has 158 valence electrons. The minimum Gasteiger partial charge on any atom is -0.455 e. The molecule has 2 aromatic rings. The van der Waals surface area contributed by atoms with Gasteiger partial charge in [0.25, 0.3) is 5.91 Å². The number of nitrogens with zero attached hydrogens (tertiary/aromatic N) is 1. The van der Waals surface area contributed by atoms with Crippen LogP contribution in [0.25, 0.3) is 0 Å². The molecule has 0 spiro atoms.